The molecule has 0 bridgehead atoms. The third-order valence-electron chi connectivity index (χ3n) is 3.79. The van der Waals surface area contributed by atoms with E-state index in [9.17, 15) is 14.9 Å². The summed E-state index contributed by atoms with van der Waals surface area (Å²) in [5.41, 5.74) is 2.00. The van der Waals surface area contributed by atoms with Crippen LogP contribution < -0.4 is 5.32 Å². The standard InChI is InChI=1S/C18H16N4O4/c1-11-6-8-13(9-7-11)17(23)19-12(2)18-20-16(21-26-18)14-4-3-5-15(10-14)22(24)25/h3-10,12H,1-2H3,(H,19,23). The van der Waals surface area contributed by atoms with Gasteiger partial charge in [-0.05, 0) is 26.0 Å². The van der Waals surface area contributed by atoms with Gasteiger partial charge in [0.15, 0.2) is 0 Å². The van der Waals surface area contributed by atoms with Gasteiger partial charge in [-0.1, -0.05) is 35.0 Å². The number of non-ortho nitro benzene ring substituents is 1. The molecule has 3 aromatic rings. The summed E-state index contributed by atoms with van der Waals surface area (Å²) in [7, 11) is 0. The zero-order valence-electron chi connectivity index (χ0n) is 14.2. The van der Waals surface area contributed by atoms with Gasteiger partial charge in [-0.25, -0.2) is 0 Å². The Bertz CT molecular complexity index is 950. The van der Waals surface area contributed by atoms with Gasteiger partial charge in [0, 0.05) is 23.3 Å². The maximum absolute atomic E-state index is 12.3. The molecule has 1 N–H and O–H groups in total. The lowest BCUT2D eigenvalue weighted by molar-refractivity contribution is -0.384. The smallest absolute Gasteiger partial charge is 0.270 e. The Labute approximate surface area is 149 Å². The number of aromatic nitrogens is 2. The highest BCUT2D eigenvalue weighted by molar-refractivity contribution is 5.94. The molecule has 1 heterocycles. The molecule has 0 saturated heterocycles. The van der Waals surface area contributed by atoms with E-state index in [1.165, 1.54) is 12.1 Å². The van der Waals surface area contributed by atoms with Gasteiger partial charge in [0.2, 0.25) is 11.7 Å². The monoisotopic (exact) mass is 352 g/mol. The fourth-order valence-electron chi connectivity index (χ4n) is 2.33. The SMILES string of the molecule is Cc1ccc(C(=O)NC(C)c2nc(-c3cccc([N+](=O)[O-])c3)no2)cc1. The third kappa shape index (κ3) is 3.75. The number of benzene rings is 2. The van der Waals surface area contributed by atoms with Crippen LogP contribution in [0.5, 0.6) is 0 Å². The number of nitrogens with zero attached hydrogens (tertiary/aromatic N) is 3. The Morgan fingerprint density at radius 3 is 2.65 bits per heavy atom. The van der Waals surface area contributed by atoms with E-state index in [2.05, 4.69) is 15.5 Å². The lowest BCUT2D eigenvalue weighted by Crippen LogP contribution is -2.26. The van der Waals surface area contributed by atoms with Crippen LogP contribution in [0.4, 0.5) is 5.69 Å². The number of nitro groups is 1. The molecule has 1 unspecified atom stereocenters. The predicted molar refractivity (Wildman–Crippen MR) is 93.4 cm³/mol. The minimum absolute atomic E-state index is 0.0606. The molecule has 1 atom stereocenters. The molecule has 0 aliphatic rings. The summed E-state index contributed by atoms with van der Waals surface area (Å²) in [5.74, 6) is 0.180. The molecule has 1 amide bonds. The summed E-state index contributed by atoms with van der Waals surface area (Å²) < 4.78 is 5.19. The molecular weight excluding hydrogens is 336 g/mol. The highest BCUT2D eigenvalue weighted by Crippen LogP contribution is 2.23. The molecule has 26 heavy (non-hydrogen) atoms. The molecule has 0 saturated carbocycles. The van der Waals surface area contributed by atoms with Crippen LogP contribution >= 0.6 is 0 Å². The van der Waals surface area contributed by atoms with Crippen LogP contribution in [0, 0.1) is 17.0 Å². The molecule has 0 aliphatic heterocycles. The van der Waals surface area contributed by atoms with Crippen molar-refractivity contribution in [3.63, 3.8) is 0 Å². The second-order valence-electron chi connectivity index (χ2n) is 5.82. The van der Waals surface area contributed by atoms with Crippen molar-refractivity contribution in [1.82, 2.24) is 15.5 Å². The average Bonchev–Trinajstić information content (AvgIpc) is 3.12. The van der Waals surface area contributed by atoms with Gasteiger partial charge < -0.3 is 9.84 Å². The summed E-state index contributed by atoms with van der Waals surface area (Å²) in [6, 6.07) is 12.6. The van der Waals surface area contributed by atoms with Crippen molar-refractivity contribution in [2.45, 2.75) is 19.9 Å². The van der Waals surface area contributed by atoms with Crippen LogP contribution in [0.2, 0.25) is 0 Å². The van der Waals surface area contributed by atoms with E-state index in [0.717, 1.165) is 5.56 Å². The van der Waals surface area contributed by atoms with Gasteiger partial charge >= 0.3 is 0 Å². The highest BCUT2D eigenvalue weighted by Gasteiger charge is 2.19. The zero-order valence-corrected chi connectivity index (χ0v) is 14.2. The summed E-state index contributed by atoms with van der Waals surface area (Å²) in [5, 5.41) is 17.5. The molecule has 0 spiro atoms. The van der Waals surface area contributed by atoms with E-state index in [0.29, 0.717) is 11.1 Å². The van der Waals surface area contributed by atoms with E-state index in [4.69, 9.17) is 4.52 Å². The van der Waals surface area contributed by atoms with Gasteiger partial charge in [-0.2, -0.15) is 4.98 Å². The predicted octanol–water partition coefficient (Wildman–Crippen LogP) is 3.44. The first kappa shape index (κ1) is 17.3. The number of nitrogens with one attached hydrogen (secondary N) is 1. The van der Waals surface area contributed by atoms with E-state index in [-0.39, 0.29) is 23.3 Å². The molecule has 2 aromatic carbocycles. The van der Waals surface area contributed by atoms with Gasteiger partial charge in [0.25, 0.3) is 11.6 Å². The minimum Gasteiger partial charge on any atom is -0.341 e. The first-order valence-corrected chi connectivity index (χ1v) is 7.90. The molecule has 8 heteroatoms. The van der Waals surface area contributed by atoms with Crippen molar-refractivity contribution < 1.29 is 14.2 Å². The van der Waals surface area contributed by atoms with Crippen LogP contribution in [0.25, 0.3) is 11.4 Å². The fraction of sp³-hybridized carbons (Fsp3) is 0.167. The Balaban J connectivity index is 1.74. The molecule has 0 radical (unpaired) electrons. The molecule has 132 valence electrons. The Hall–Kier alpha value is -3.55. The zero-order chi connectivity index (χ0) is 18.7. The number of hydrogen-bond acceptors (Lipinski definition) is 6. The Morgan fingerprint density at radius 1 is 1.23 bits per heavy atom. The Kier molecular flexibility index (Phi) is 4.74. The maximum atomic E-state index is 12.3. The second-order valence-corrected chi connectivity index (χ2v) is 5.82. The van der Waals surface area contributed by atoms with Crippen molar-refractivity contribution >= 4 is 11.6 Å². The van der Waals surface area contributed by atoms with Crippen molar-refractivity contribution in [3.05, 3.63) is 75.7 Å². The van der Waals surface area contributed by atoms with Gasteiger partial charge in [-0.15, -0.1) is 0 Å². The highest BCUT2D eigenvalue weighted by atomic mass is 16.6. The third-order valence-corrected chi connectivity index (χ3v) is 3.79. The molecule has 0 fully saturated rings. The summed E-state index contributed by atoms with van der Waals surface area (Å²) in [6.45, 7) is 3.66. The lowest BCUT2D eigenvalue weighted by Gasteiger charge is -2.09. The summed E-state index contributed by atoms with van der Waals surface area (Å²) in [4.78, 5) is 26.9. The molecular formula is C18H16N4O4. The van der Waals surface area contributed by atoms with Crippen molar-refractivity contribution in [2.75, 3.05) is 0 Å². The van der Waals surface area contributed by atoms with Crippen molar-refractivity contribution in [3.8, 4) is 11.4 Å². The first-order chi connectivity index (χ1) is 12.4. The number of hydrogen-bond donors (Lipinski definition) is 1. The van der Waals surface area contributed by atoms with E-state index in [1.54, 1.807) is 31.2 Å². The molecule has 0 aliphatic carbocycles. The van der Waals surface area contributed by atoms with Crippen LogP contribution in [0.15, 0.2) is 53.1 Å². The number of carbonyl (C=O) groups excluding carboxylic acids is 1. The van der Waals surface area contributed by atoms with Gasteiger partial charge in [0.1, 0.15) is 6.04 Å². The molecule has 1 aromatic heterocycles. The summed E-state index contributed by atoms with van der Waals surface area (Å²) >= 11 is 0. The number of nitro benzene ring substituents is 1. The van der Waals surface area contributed by atoms with Crippen LogP contribution in [-0.2, 0) is 0 Å². The average molecular weight is 352 g/mol. The minimum atomic E-state index is -0.510. The maximum Gasteiger partial charge on any atom is 0.270 e. The number of aryl methyl sites for hydroxylation is 1. The largest absolute Gasteiger partial charge is 0.341 e. The topological polar surface area (TPSA) is 111 Å². The number of amides is 1. The van der Waals surface area contributed by atoms with E-state index < -0.39 is 11.0 Å². The van der Waals surface area contributed by atoms with Crippen molar-refractivity contribution in [2.24, 2.45) is 0 Å². The number of carbonyl (C=O) groups is 1. The van der Waals surface area contributed by atoms with Gasteiger partial charge in [0.05, 0.1) is 4.92 Å². The summed E-state index contributed by atoms with van der Waals surface area (Å²) in [6.07, 6.45) is 0. The molecule has 8 nitrogen and oxygen atoms in total. The molecule has 3 rings (SSSR count). The van der Waals surface area contributed by atoms with E-state index >= 15 is 0 Å². The lowest BCUT2D eigenvalue weighted by atomic mass is 10.1. The van der Waals surface area contributed by atoms with Crippen LogP contribution in [-0.4, -0.2) is 21.0 Å². The van der Waals surface area contributed by atoms with Crippen LogP contribution in [0.3, 0.4) is 0 Å². The quantitative estimate of drug-likeness (QED) is 0.556. The van der Waals surface area contributed by atoms with Gasteiger partial charge in [-0.3, -0.25) is 14.9 Å². The Morgan fingerprint density at radius 2 is 1.96 bits per heavy atom. The van der Waals surface area contributed by atoms with Crippen LogP contribution in [0.1, 0.15) is 34.8 Å². The number of rotatable bonds is 5. The fourth-order valence-corrected chi connectivity index (χ4v) is 2.33. The normalized spacial score (nSPS) is 11.8. The van der Waals surface area contributed by atoms with Crippen molar-refractivity contribution in [1.29, 1.82) is 0 Å². The first-order valence-electron chi connectivity index (χ1n) is 7.90. The van der Waals surface area contributed by atoms with E-state index in [1.807, 2.05) is 19.1 Å². The second kappa shape index (κ2) is 7.14.